The minimum Gasteiger partial charge on any atom is -0.457 e. The van der Waals surface area contributed by atoms with E-state index in [9.17, 15) is 0 Å². The lowest BCUT2D eigenvalue weighted by Gasteiger charge is -2.37. The molecule has 34 heavy (non-hydrogen) atoms. The van der Waals surface area contributed by atoms with Gasteiger partial charge >= 0.3 is 0 Å². The standard InChI is InChI=1S/C33H50O/c1-5-7-9-11-13-15-17-21-27-25-26-31-32(28(27)22-18-16-14-12-10-8-6-2)33(3,4)29-23-19-20-24-30(29)34-31/h19-20,23-26H,5-18,21-22H2,1-4H3. The van der Waals surface area contributed by atoms with Crippen molar-refractivity contribution in [1.29, 1.82) is 0 Å². The summed E-state index contributed by atoms with van der Waals surface area (Å²) >= 11 is 0. The molecule has 1 nitrogen and oxygen atoms in total. The topological polar surface area (TPSA) is 9.23 Å². The SMILES string of the molecule is CCCCCCCCCc1ccc2c(c1CCCCCCCCC)C(C)(C)c1ccccc1O2. The lowest BCUT2D eigenvalue weighted by molar-refractivity contribution is 0.414. The molecule has 0 aromatic heterocycles. The quantitative estimate of drug-likeness (QED) is 0.225. The summed E-state index contributed by atoms with van der Waals surface area (Å²) in [6.07, 6.45) is 21.5. The van der Waals surface area contributed by atoms with E-state index in [4.69, 9.17) is 4.74 Å². The molecule has 0 amide bonds. The highest BCUT2D eigenvalue weighted by molar-refractivity contribution is 5.60. The van der Waals surface area contributed by atoms with Gasteiger partial charge in [0, 0.05) is 16.5 Å². The molecule has 0 fully saturated rings. The van der Waals surface area contributed by atoms with Gasteiger partial charge in [0.15, 0.2) is 0 Å². The van der Waals surface area contributed by atoms with E-state index in [1.807, 2.05) is 0 Å². The van der Waals surface area contributed by atoms with Crippen molar-refractivity contribution in [3.8, 4) is 11.5 Å². The Balaban J connectivity index is 1.73. The Morgan fingerprint density at radius 3 is 1.79 bits per heavy atom. The number of fused-ring (bicyclic) bond motifs is 2. The van der Waals surface area contributed by atoms with Gasteiger partial charge < -0.3 is 4.74 Å². The van der Waals surface area contributed by atoms with Crippen molar-refractivity contribution >= 4 is 0 Å². The number of rotatable bonds is 16. The summed E-state index contributed by atoms with van der Waals surface area (Å²) in [5.74, 6) is 2.12. The van der Waals surface area contributed by atoms with Crippen LogP contribution in [0.15, 0.2) is 36.4 Å². The van der Waals surface area contributed by atoms with E-state index >= 15 is 0 Å². The van der Waals surface area contributed by atoms with Crippen LogP contribution in [0.25, 0.3) is 0 Å². The lowest BCUT2D eigenvalue weighted by atomic mass is 9.72. The van der Waals surface area contributed by atoms with Crippen LogP contribution >= 0.6 is 0 Å². The van der Waals surface area contributed by atoms with Crippen LogP contribution in [-0.4, -0.2) is 0 Å². The summed E-state index contributed by atoms with van der Waals surface area (Å²) in [4.78, 5) is 0. The van der Waals surface area contributed by atoms with Crippen LogP contribution < -0.4 is 4.74 Å². The average Bonchev–Trinajstić information content (AvgIpc) is 2.83. The number of hydrogen-bond donors (Lipinski definition) is 0. The second-order valence-corrected chi connectivity index (χ2v) is 11.0. The minimum atomic E-state index is -0.0171. The number of aryl methyl sites for hydroxylation is 1. The van der Waals surface area contributed by atoms with E-state index in [0.717, 1.165) is 11.5 Å². The Hall–Kier alpha value is -1.76. The van der Waals surface area contributed by atoms with Gasteiger partial charge in [-0.3, -0.25) is 0 Å². The molecule has 0 N–H and O–H groups in total. The summed E-state index contributed by atoms with van der Waals surface area (Å²) in [7, 11) is 0. The number of para-hydroxylation sites is 1. The zero-order chi connectivity index (χ0) is 24.2. The first-order valence-corrected chi connectivity index (χ1v) is 14.5. The predicted molar refractivity (Wildman–Crippen MR) is 148 cm³/mol. The highest BCUT2D eigenvalue weighted by atomic mass is 16.5. The molecule has 1 aliphatic rings. The van der Waals surface area contributed by atoms with E-state index < -0.39 is 0 Å². The molecule has 1 heteroatoms. The average molecular weight is 463 g/mol. The molecule has 0 bridgehead atoms. The third kappa shape index (κ3) is 7.12. The van der Waals surface area contributed by atoms with E-state index in [0.29, 0.717) is 0 Å². The van der Waals surface area contributed by atoms with E-state index in [1.54, 1.807) is 11.1 Å². The normalized spacial score (nSPS) is 13.9. The first kappa shape index (κ1) is 26.8. The molecule has 0 saturated heterocycles. The fraction of sp³-hybridized carbons (Fsp3) is 0.636. The van der Waals surface area contributed by atoms with Crippen molar-refractivity contribution in [2.45, 2.75) is 136 Å². The molecule has 0 radical (unpaired) electrons. The van der Waals surface area contributed by atoms with Crippen molar-refractivity contribution in [2.75, 3.05) is 0 Å². The van der Waals surface area contributed by atoms with Gasteiger partial charge in [-0.05, 0) is 48.9 Å². The van der Waals surface area contributed by atoms with Gasteiger partial charge in [0.25, 0.3) is 0 Å². The molecule has 2 aromatic carbocycles. The fourth-order valence-corrected chi connectivity index (χ4v) is 5.82. The lowest BCUT2D eigenvalue weighted by Crippen LogP contribution is -2.26. The summed E-state index contributed by atoms with van der Waals surface area (Å²) in [6.45, 7) is 9.40. The van der Waals surface area contributed by atoms with E-state index in [2.05, 4.69) is 64.1 Å². The van der Waals surface area contributed by atoms with Crippen molar-refractivity contribution in [1.82, 2.24) is 0 Å². The predicted octanol–water partition coefficient (Wildman–Crippen LogP) is 10.7. The third-order valence-electron chi connectivity index (χ3n) is 7.86. The first-order chi connectivity index (χ1) is 16.6. The second kappa shape index (κ2) is 14.0. The third-order valence-corrected chi connectivity index (χ3v) is 7.86. The highest BCUT2D eigenvalue weighted by Crippen LogP contribution is 2.50. The molecule has 0 atom stereocenters. The number of benzene rings is 2. The van der Waals surface area contributed by atoms with Crippen LogP contribution in [-0.2, 0) is 18.3 Å². The molecule has 1 heterocycles. The molecule has 0 unspecified atom stereocenters. The zero-order valence-corrected chi connectivity index (χ0v) is 22.7. The summed E-state index contributed by atoms with van der Waals surface area (Å²) in [5, 5.41) is 0. The molecule has 0 spiro atoms. The largest absolute Gasteiger partial charge is 0.457 e. The van der Waals surface area contributed by atoms with Gasteiger partial charge in [-0.15, -0.1) is 0 Å². The maximum Gasteiger partial charge on any atom is 0.131 e. The second-order valence-electron chi connectivity index (χ2n) is 11.0. The molecule has 0 saturated carbocycles. The van der Waals surface area contributed by atoms with Crippen LogP contribution in [0.4, 0.5) is 0 Å². The maximum atomic E-state index is 6.46. The Labute approximate surface area is 210 Å². The Morgan fingerprint density at radius 2 is 1.15 bits per heavy atom. The van der Waals surface area contributed by atoms with Crippen LogP contribution in [0.5, 0.6) is 11.5 Å². The molecule has 2 aromatic rings. The summed E-state index contributed by atoms with van der Waals surface area (Å²) in [5.41, 5.74) is 5.94. The van der Waals surface area contributed by atoms with Crippen LogP contribution in [0, 0.1) is 0 Å². The summed E-state index contributed by atoms with van der Waals surface area (Å²) in [6, 6.07) is 13.3. The van der Waals surface area contributed by atoms with Gasteiger partial charge in [0.1, 0.15) is 11.5 Å². The van der Waals surface area contributed by atoms with Gasteiger partial charge in [-0.2, -0.15) is 0 Å². The minimum absolute atomic E-state index is 0.0171. The maximum absolute atomic E-state index is 6.46. The Kier molecular flexibility index (Phi) is 11.0. The van der Waals surface area contributed by atoms with Crippen LogP contribution in [0.3, 0.4) is 0 Å². The smallest absolute Gasteiger partial charge is 0.131 e. The van der Waals surface area contributed by atoms with Gasteiger partial charge in [0.2, 0.25) is 0 Å². The molecule has 1 aliphatic heterocycles. The van der Waals surface area contributed by atoms with Crippen molar-refractivity contribution < 1.29 is 4.74 Å². The zero-order valence-electron chi connectivity index (χ0n) is 22.7. The Bertz CT molecular complexity index is 863. The summed E-state index contributed by atoms with van der Waals surface area (Å²) < 4.78 is 6.46. The molecular formula is C33H50O. The molecule has 3 rings (SSSR count). The first-order valence-electron chi connectivity index (χ1n) is 14.5. The van der Waals surface area contributed by atoms with Crippen molar-refractivity contribution in [3.05, 3.63) is 58.7 Å². The number of unbranched alkanes of at least 4 members (excludes halogenated alkanes) is 12. The monoisotopic (exact) mass is 462 g/mol. The van der Waals surface area contributed by atoms with Crippen LogP contribution in [0.1, 0.15) is 140 Å². The van der Waals surface area contributed by atoms with Gasteiger partial charge in [0.05, 0.1) is 0 Å². The number of hydrogen-bond acceptors (Lipinski definition) is 1. The Morgan fingerprint density at radius 1 is 0.588 bits per heavy atom. The van der Waals surface area contributed by atoms with Gasteiger partial charge in [-0.25, -0.2) is 0 Å². The molecule has 0 aliphatic carbocycles. The molecular weight excluding hydrogens is 412 g/mol. The van der Waals surface area contributed by atoms with E-state index in [-0.39, 0.29) is 5.41 Å². The fourth-order valence-electron chi connectivity index (χ4n) is 5.82. The van der Waals surface area contributed by atoms with Gasteiger partial charge in [-0.1, -0.05) is 129 Å². The highest BCUT2D eigenvalue weighted by Gasteiger charge is 2.36. The number of ether oxygens (including phenoxy) is 1. The van der Waals surface area contributed by atoms with Crippen molar-refractivity contribution in [3.63, 3.8) is 0 Å². The molecule has 188 valence electrons. The van der Waals surface area contributed by atoms with E-state index in [1.165, 1.54) is 114 Å². The van der Waals surface area contributed by atoms with Crippen molar-refractivity contribution in [2.24, 2.45) is 0 Å². The van der Waals surface area contributed by atoms with Crippen LogP contribution in [0.2, 0.25) is 0 Å².